The Morgan fingerprint density at radius 3 is 2.62 bits per heavy atom. The molecule has 2 rings (SSSR count). The lowest BCUT2D eigenvalue weighted by atomic mass is 10.0. The van der Waals surface area contributed by atoms with E-state index in [1.54, 1.807) is 0 Å². The molecule has 1 aliphatic heterocycles. The Morgan fingerprint density at radius 1 is 1.19 bits per heavy atom. The molecule has 0 spiro atoms. The van der Waals surface area contributed by atoms with Crippen LogP contribution in [-0.4, -0.2) is 48.8 Å². The van der Waals surface area contributed by atoms with E-state index in [9.17, 15) is 4.79 Å². The van der Waals surface area contributed by atoms with E-state index in [1.165, 1.54) is 12.7 Å². The second kappa shape index (κ2) is 11.9. The molecule has 5 nitrogen and oxygen atoms in total. The van der Waals surface area contributed by atoms with Crippen molar-refractivity contribution in [3.8, 4) is 0 Å². The summed E-state index contributed by atoms with van der Waals surface area (Å²) >= 11 is 5.40. The highest BCUT2D eigenvalue weighted by Crippen LogP contribution is 2.13. The summed E-state index contributed by atoms with van der Waals surface area (Å²) in [4.78, 5) is 13.5. The van der Waals surface area contributed by atoms with Crippen molar-refractivity contribution in [2.75, 3.05) is 26.7 Å². The van der Waals surface area contributed by atoms with Gasteiger partial charge in [-0.25, -0.2) is 0 Å². The van der Waals surface area contributed by atoms with Crippen LogP contribution in [0, 0.1) is 0 Å². The number of unbranched alkanes of at least 4 members (excludes halogenated alkanes) is 2. The van der Waals surface area contributed by atoms with Crippen LogP contribution in [-0.2, 0) is 16.1 Å². The van der Waals surface area contributed by atoms with Gasteiger partial charge in [-0.2, -0.15) is 0 Å². The number of ether oxygens (including phenoxy) is 1. The number of hydrogen-bond acceptors (Lipinski definition) is 4. The van der Waals surface area contributed by atoms with Gasteiger partial charge in [-0.05, 0) is 43.5 Å². The highest BCUT2D eigenvalue weighted by Gasteiger charge is 2.19. The molecule has 0 atom stereocenters. The van der Waals surface area contributed by atoms with E-state index in [-0.39, 0.29) is 5.97 Å². The zero-order chi connectivity index (χ0) is 18.6. The van der Waals surface area contributed by atoms with Crippen LogP contribution in [0.5, 0.6) is 0 Å². The minimum absolute atomic E-state index is 0.131. The number of thiocarbonyl (C=S) groups is 1. The lowest BCUT2D eigenvalue weighted by Gasteiger charge is -2.33. The molecule has 0 radical (unpaired) electrons. The van der Waals surface area contributed by atoms with Gasteiger partial charge in [0.1, 0.15) is 0 Å². The molecule has 0 aliphatic carbocycles. The van der Waals surface area contributed by atoms with Gasteiger partial charge in [0.2, 0.25) is 0 Å². The van der Waals surface area contributed by atoms with Crippen molar-refractivity contribution in [1.29, 1.82) is 0 Å². The minimum atomic E-state index is -0.131. The van der Waals surface area contributed by atoms with Crippen LogP contribution in [0.15, 0.2) is 30.3 Å². The predicted octanol–water partition coefficient (Wildman–Crippen LogP) is 2.85. The summed E-state index contributed by atoms with van der Waals surface area (Å²) in [5, 5.41) is 7.46. The Morgan fingerprint density at radius 2 is 1.92 bits per heavy atom. The first-order chi connectivity index (χ1) is 12.7. The minimum Gasteiger partial charge on any atom is -0.469 e. The van der Waals surface area contributed by atoms with E-state index in [1.807, 2.05) is 0 Å². The number of benzene rings is 1. The monoisotopic (exact) mass is 377 g/mol. The van der Waals surface area contributed by atoms with E-state index < -0.39 is 0 Å². The Labute approximate surface area is 162 Å². The van der Waals surface area contributed by atoms with Crippen molar-refractivity contribution < 1.29 is 9.53 Å². The molecule has 0 amide bonds. The van der Waals surface area contributed by atoms with Crippen molar-refractivity contribution >= 4 is 23.3 Å². The van der Waals surface area contributed by atoms with Crippen molar-refractivity contribution in [2.45, 2.75) is 51.1 Å². The summed E-state index contributed by atoms with van der Waals surface area (Å²) in [6.07, 6.45) is 5.62. The number of piperidine rings is 1. The molecule has 1 saturated heterocycles. The van der Waals surface area contributed by atoms with Gasteiger partial charge >= 0.3 is 5.97 Å². The summed E-state index contributed by atoms with van der Waals surface area (Å²) in [6, 6.07) is 11.1. The molecule has 0 unspecified atom stereocenters. The third kappa shape index (κ3) is 8.15. The zero-order valence-electron chi connectivity index (χ0n) is 15.7. The van der Waals surface area contributed by atoms with Crippen molar-refractivity contribution in [1.82, 2.24) is 15.5 Å². The Kier molecular flexibility index (Phi) is 9.42. The molecule has 0 saturated carbocycles. The largest absolute Gasteiger partial charge is 0.469 e. The standard InChI is InChI=1S/C20H31N3O2S/c1-25-19(24)10-6-3-7-13-21-20(26)22-18-11-14-23(15-12-18)16-17-8-4-2-5-9-17/h2,4-5,8-9,18H,3,6-7,10-16H2,1H3,(H2,21,22,26). The average molecular weight is 378 g/mol. The van der Waals surface area contributed by atoms with Gasteiger partial charge in [0.05, 0.1) is 7.11 Å². The quantitative estimate of drug-likeness (QED) is 0.392. The molecule has 0 aromatic heterocycles. The maximum Gasteiger partial charge on any atom is 0.305 e. The third-order valence-corrected chi connectivity index (χ3v) is 5.00. The van der Waals surface area contributed by atoms with Crippen molar-refractivity contribution in [3.63, 3.8) is 0 Å². The number of likely N-dealkylation sites (tertiary alicyclic amines) is 1. The number of nitrogens with one attached hydrogen (secondary N) is 2. The highest BCUT2D eigenvalue weighted by molar-refractivity contribution is 7.80. The maximum atomic E-state index is 11.0. The number of carbonyl (C=O) groups excluding carboxylic acids is 1. The number of hydrogen-bond donors (Lipinski definition) is 2. The second-order valence-corrected chi connectivity index (χ2v) is 7.23. The number of carbonyl (C=O) groups is 1. The first-order valence-electron chi connectivity index (χ1n) is 9.55. The summed E-state index contributed by atoms with van der Waals surface area (Å²) in [6.45, 7) is 4.08. The van der Waals surface area contributed by atoms with Crippen LogP contribution in [0.2, 0.25) is 0 Å². The van der Waals surface area contributed by atoms with E-state index in [4.69, 9.17) is 12.2 Å². The molecule has 0 bridgehead atoms. The smallest absolute Gasteiger partial charge is 0.305 e. The molecule has 6 heteroatoms. The van der Waals surface area contributed by atoms with Gasteiger partial charge in [0.15, 0.2) is 5.11 Å². The molecule has 2 N–H and O–H groups in total. The van der Waals surface area contributed by atoms with E-state index in [0.717, 1.165) is 63.4 Å². The fourth-order valence-corrected chi connectivity index (χ4v) is 3.46. The zero-order valence-corrected chi connectivity index (χ0v) is 16.5. The van der Waals surface area contributed by atoms with Crippen LogP contribution < -0.4 is 10.6 Å². The topological polar surface area (TPSA) is 53.6 Å². The van der Waals surface area contributed by atoms with E-state index in [0.29, 0.717) is 12.5 Å². The Hall–Kier alpha value is -1.66. The van der Waals surface area contributed by atoms with Crippen LogP contribution in [0.4, 0.5) is 0 Å². The molecule has 1 aromatic rings. The molecular formula is C20H31N3O2S. The lowest BCUT2D eigenvalue weighted by Crippen LogP contribution is -2.47. The SMILES string of the molecule is COC(=O)CCCCCNC(=S)NC1CCN(Cc2ccccc2)CC1. The number of nitrogens with zero attached hydrogens (tertiary/aromatic N) is 1. The second-order valence-electron chi connectivity index (χ2n) is 6.82. The number of rotatable bonds is 9. The lowest BCUT2D eigenvalue weighted by molar-refractivity contribution is -0.140. The van der Waals surface area contributed by atoms with Gasteiger partial charge in [-0.3, -0.25) is 9.69 Å². The first-order valence-corrected chi connectivity index (χ1v) is 9.95. The molecule has 1 heterocycles. The molecule has 26 heavy (non-hydrogen) atoms. The molecule has 1 aliphatic rings. The molecule has 1 aromatic carbocycles. The highest BCUT2D eigenvalue weighted by atomic mass is 32.1. The Bertz CT molecular complexity index is 545. The predicted molar refractivity (Wildman–Crippen MR) is 109 cm³/mol. The van der Waals surface area contributed by atoms with Crippen molar-refractivity contribution in [3.05, 3.63) is 35.9 Å². The van der Waals surface area contributed by atoms with Gasteiger partial charge < -0.3 is 15.4 Å². The summed E-state index contributed by atoms with van der Waals surface area (Å²) in [5.74, 6) is -0.131. The van der Waals surface area contributed by atoms with Gasteiger partial charge in [0.25, 0.3) is 0 Å². The summed E-state index contributed by atoms with van der Waals surface area (Å²) in [7, 11) is 1.43. The average Bonchev–Trinajstić information content (AvgIpc) is 2.66. The molecular weight excluding hydrogens is 346 g/mol. The van der Waals surface area contributed by atoms with E-state index in [2.05, 4.69) is 50.6 Å². The van der Waals surface area contributed by atoms with Gasteiger partial charge in [-0.15, -0.1) is 0 Å². The first kappa shape index (κ1) is 20.6. The van der Waals surface area contributed by atoms with Crippen LogP contribution in [0.3, 0.4) is 0 Å². The maximum absolute atomic E-state index is 11.0. The number of esters is 1. The normalized spacial score (nSPS) is 15.4. The van der Waals surface area contributed by atoms with E-state index >= 15 is 0 Å². The van der Waals surface area contributed by atoms with Crippen LogP contribution in [0.25, 0.3) is 0 Å². The molecule has 144 valence electrons. The summed E-state index contributed by atoms with van der Waals surface area (Å²) < 4.78 is 4.63. The fourth-order valence-electron chi connectivity index (χ4n) is 3.19. The fraction of sp³-hybridized carbons (Fsp3) is 0.600. The Balaban J connectivity index is 1.52. The summed E-state index contributed by atoms with van der Waals surface area (Å²) in [5.41, 5.74) is 1.38. The third-order valence-electron chi connectivity index (χ3n) is 4.74. The van der Waals surface area contributed by atoms with Crippen molar-refractivity contribution in [2.24, 2.45) is 0 Å². The van der Waals surface area contributed by atoms with Gasteiger partial charge in [-0.1, -0.05) is 36.8 Å². The molecule has 1 fully saturated rings. The van der Waals surface area contributed by atoms with Gasteiger partial charge in [0, 0.05) is 38.6 Å². The van der Waals surface area contributed by atoms with Crippen LogP contribution in [0.1, 0.15) is 44.1 Å². The number of methoxy groups -OCH3 is 1. The van der Waals surface area contributed by atoms with Crippen LogP contribution >= 0.6 is 12.2 Å².